The van der Waals surface area contributed by atoms with Crippen LogP contribution in [0.1, 0.15) is 33.6 Å². The molecule has 2 aromatic rings. The van der Waals surface area contributed by atoms with Crippen LogP contribution in [-0.4, -0.2) is 75.0 Å². The van der Waals surface area contributed by atoms with E-state index in [0.717, 1.165) is 0 Å². The van der Waals surface area contributed by atoms with Gasteiger partial charge in [-0.2, -0.15) is 0 Å². The summed E-state index contributed by atoms with van der Waals surface area (Å²) < 4.78 is 9.93. The van der Waals surface area contributed by atoms with Gasteiger partial charge in [-0.15, -0.1) is 11.8 Å². The van der Waals surface area contributed by atoms with Crippen molar-refractivity contribution in [2.24, 2.45) is 17.8 Å². The van der Waals surface area contributed by atoms with E-state index in [1.165, 1.54) is 0 Å². The number of methoxy groups -OCH3 is 1. The number of fused-ring (bicyclic) bond motifs is 1. The van der Waals surface area contributed by atoms with Crippen LogP contribution in [-0.2, 0) is 14.4 Å². The molecule has 0 radical (unpaired) electrons. The van der Waals surface area contributed by atoms with Gasteiger partial charge in [0, 0.05) is 21.5 Å². The molecule has 3 aliphatic rings. The van der Waals surface area contributed by atoms with Crippen LogP contribution in [0, 0.1) is 17.8 Å². The molecule has 3 saturated heterocycles. The highest BCUT2D eigenvalue weighted by Crippen LogP contribution is 2.68. The minimum absolute atomic E-state index is 0.0588. The minimum Gasteiger partial charge on any atom is -0.497 e. The SMILES string of the molecule is CCOc1ccc(NC(=O)[C@H]2[C@H]3C(=O)N([C@@H](CO)CC(C)C)C(C(=O)Nc4ccc(OC)cc4)C34CC(Br)[C@@H]2S4)cc1. The summed E-state index contributed by atoms with van der Waals surface area (Å²) in [6, 6.07) is 12.8. The van der Waals surface area contributed by atoms with Crippen LogP contribution in [0.5, 0.6) is 11.5 Å². The quantitative estimate of drug-likeness (QED) is 0.303. The van der Waals surface area contributed by atoms with Gasteiger partial charge in [-0.3, -0.25) is 14.4 Å². The number of thioether (sulfide) groups is 1. The van der Waals surface area contributed by atoms with Crippen molar-refractivity contribution >= 4 is 56.8 Å². The third-order valence-corrected chi connectivity index (χ3v) is 11.6. The summed E-state index contributed by atoms with van der Waals surface area (Å²) in [6.07, 6.45) is 1.09. The maximum atomic E-state index is 14.4. The molecule has 7 atom stereocenters. The van der Waals surface area contributed by atoms with Gasteiger partial charge in [-0.1, -0.05) is 29.8 Å². The fraction of sp³-hybridized carbons (Fsp3) is 0.516. The van der Waals surface area contributed by atoms with E-state index in [1.54, 1.807) is 72.3 Å². The van der Waals surface area contributed by atoms with Gasteiger partial charge in [0.1, 0.15) is 17.5 Å². The van der Waals surface area contributed by atoms with E-state index in [1.807, 2.05) is 20.8 Å². The van der Waals surface area contributed by atoms with E-state index in [-0.39, 0.29) is 40.3 Å². The number of aliphatic hydroxyl groups excluding tert-OH is 1. The molecule has 3 fully saturated rings. The number of carbonyl (C=O) groups is 3. The third kappa shape index (κ3) is 5.51. The monoisotopic (exact) mass is 659 g/mol. The normalized spacial score (nSPS) is 28.5. The Morgan fingerprint density at radius 2 is 1.67 bits per heavy atom. The average Bonchev–Trinajstić information content (AvgIpc) is 3.56. The van der Waals surface area contributed by atoms with Crippen molar-refractivity contribution in [3.63, 3.8) is 0 Å². The topological polar surface area (TPSA) is 117 Å². The molecule has 3 N–H and O–H groups in total. The number of aliphatic hydroxyl groups is 1. The van der Waals surface area contributed by atoms with Crippen molar-refractivity contribution in [1.82, 2.24) is 4.90 Å². The molecule has 0 saturated carbocycles. The summed E-state index contributed by atoms with van der Waals surface area (Å²) in [5, 5.41) is 16.3. The second kappa shape index (κ2) is 12.5. The summed E-state index contributed by atoms with van der Waals surface area (Å²) in [6.45, 7) is 6.23. The average molecular weight is 661 g/mol. The summed E-state index contributed by atoms with van der Waals surface area (Å²) in [4.78, 5) is 44.0. The minimum atomic E-state index is -0.855. The number of alkyl halides is 1. The van der Waals surface area contributed by atoms with Gasteiger partial charge in [0.25, 0.3) is 0 Å². The van der Waals surface area contributed by atoms with E-state index in [0.29, 0.717) is 42.3 Å². The number of hydrogen-bond donors (Lipinski definition) is 3. The van der Waals surface area contributed by atoms with Crippen molar-refractivity contribution in [3.05, 3.63) is 48.5 Å². The molecule has 3 aliphatic heterocycles. The number of nitrogens with one attached hydrogen (secondary N) is 2. The van der Waals surface area contributed by atoms with Gasteiger partial charge in [0.15, 0.2) is 0 Å². The summed E-state index contributed by atoms with van der Waals surface area (Å²) in [7, 11) is 1.58. The Balaban J connectivity index is 1.48. The van der Waals surface area contributed by atoms with Crippen LogP contribution in [0.3, 0.4) is 0 Å². The van der Waals surface area contributed by atoms with Crippen LogP contribution in [0.25, 0.3) is 0 Å². The molecule has 2 bridgehead atoms. The van der Waals surface area contributed by atoms with E-state index in [9.17, 15) is 19.5 Å². The molecule has 1 spiro atoms. The highest BCUT2D eigenvalue weighted by Gasteiger charge is 2.76. The lowest BCUT2D eigenvalue weighted by atomic mass is 9.70. The first-order valence-corrected chi connectivity index (χ1v) is 16.2. The van der Waals surface area contributed by atoms with Crippen molar-refractivity contribution in [2.45, 2.75) is 60.5 Å². The van der Waals surface area contributed by atoms with Crippen LogP contribution >= 0.6 is 27.7 Å². The molecule has 0 aliphatic carbocycles. The zero-order chi connectivity index (χ0) is 30.2. The van der Waals surface area contributed by atoms with Crippen molar-refractivity contribution < 1.29 is 29.0 Å². The van der Waals surface area contributed by atoms with E-state index in [2.05, 4.69) is 26.6 Å². The van der Waals surface area contributed by atoms with Crippen LogP contribution < -0.4 is 20.1 Å². The third-order valence-electron chi connectivity index (χ3n) is 8.42. The highest BCUT2D eigenvalue weighted by molar-refractivity contribution is 9.09. The Hall–Kier alpha value is -2.76. The summed E-state index contributed by atoms with van der Waals surface area (Å²) >= 11 is 5.37. The molecular formula is C31H38BrN3O6S. The molecule has 3 heterocycles. The highest BCUT2D eigenvalue weighted by atomic mass is 79.9. The van der Waals surface area contributed by atoms with Gasteiger partial charge < -0.3 is 30.1 Å². The summed E-state index contributed by atoms with van der Waals surface area (Å²) in [5.41, 5.74) is 1.19. The standard InChI is InChI=1S/C31H38BrN3O6S/c1-5-41-22-12-8-18(9-13-22)33-28(37)24-25-30(39)35(20(16-36)14-17(2)3)27(31(25)15-23(32)26(24)42-31)29(38)34-19-6-10-21(40-4)11-7-19/h6-13,17,20,23-27,36H,5,14-16H2,1-4H3,(H,33,37)(H,34,38)/t20-,23?,24+,25+,26+,27?,31?/m1/s1. The molecule has 2 aromatic carbocycles. The van der Waals surface area contributed by atoms with Crippen LogP contribution in [0.15, 0.2) is 48.5 Å². The number of amides is 3. The Kier molecular flexibility index (Phi) is 9.10. The van der Waals surface area contributed by atoms with Crippen molar-refractivity contribution in [3.8, 4) is 11.5 Å². The number of ether oxygens (including phenoxy) is 2. The zero-order valence-corrected chi connectivity index (χ0v) is 26.6. The summed E-state index contributed by atoms with van der Waals surface area (Å²) in [5.74, 6) is -0.604. The van der Waals surface area contributed by atoms with Crippen LogP contribution in [0.4, 0.5) is 11.4 Å². The fourth-order valence-corrected chi connectivity index (χ4v) is 10.4. The Morgan fingerprint density at radius 1 is 1.07 bits per heavy atom. The van der Waals surface area contributed by atoms with Gasteiger partial charge in [0.2, 0.25) is 17.7 Å². The second-order valence-corrected chi connectivity index (χ2v) is 14.3. The molecule has 0 aromatic heterocycles. The maximum Gasteiger partial charge on any atom is 0.248 e. The number of hydrogen-bond acceptors (Lipinski definition) is 7. The Labute approximate surface area is 259 Å². The Bertz CT molecular complexity index is 1310. The molecule has 11 heteroatoms. The first-order valence-electron chi connectivity index (χ1n) is 14.4. The smallest absolute Gasteiger partial charge is 0.248 e. The largest absolute Gasteiger partial charge is 0.497 e. The molecule has 9 nitrogen and oxygen atoms in total. The molecule has 5 rings (SSSR count). The second-order valence-electron chi connectivity index (χ2n) is 11.5. The van der Waals surface area contributed by atoms with E-state index in [4.69, 9.17) is 9.47 Å². The number of halogens is 1. The number of carbonyl (C=O) groups excluding carboxylic acids is 3. The van der Waals surface area contributed by atoms with E-state index >= 15 is 0 Å². The zero-order valence-electron chi connectivity index (χ0n) is 24.2. The number of rotatable bonds is 11. The molecule has 226 valence electrons. The van der Waals surface area contributed by atoms with Crippen molar-refractivity contribution in [1.29, 1.82) is 0 Å². The predicted molar refractivity (Wildman–Crippen MR) is 167 cm³/mol. The fourth-order valence-electron chi connectivity index (χ4n) is 6.79. The number of likely N-dealkylation sites (tertiary alicyclic amines) is 1. The molecule has 42 heavy (non-hydrogen) atoms. The molecule has 3 amide bonds. The van der Waals surface area contributed by atoms with Crippen LogP contribution in [0.2, 0.25) is 0 Å². The Morgan fingerprint density at radius 3 is 2.21 bits per heavy atom. The van der Waals surface area contributed by atoms with Gasteiger partial charge in [0.05, 0.1) is 42.9 Å². The van der Waals surface area contributed by atoms with Gasteiger partial charge in [-0.05, 0) is 74.2 Å². The molecular weight excluding hydrogens is 622 g/mol. The predicted octanol–water partition coefficient (Wildman–Crippen LogP) is 4.54. The number of anilines is 2. The lowest BCUT2D eigenvalue weighted by molar-refractivity contribution is -0.141. The van der Waals surface area contributed by atoms with E-state index < -0.39 is 28.7 Å². The first-order chi connectivity index (χ1) is 20.1. The van der Waals surface area contributed by atoms with Gasteiger partial charge in [-0.25, -0.2) is 0 Å². The first kappa shape index (κ1) is 30.7. The van der Waals surface area contributed by atoms with Gasteiger partial charge >= 0.3 is 0 Å². The number of benzene rings is 2. The lowest BCUT2D eigenvalue weighted by Crippen LogP contribution is -2.55. The number of nitrogens with zero attached hydrogens (tertiary/aromatic N) is 1. The maximum absolute atomic E-state index is 14.4. The van der Waals surface area contributed by atoms with Crippen molar-refractivity contribution in [2.75, 3.05) is 31.0 Å². The molecule has 3 unspecified atom stereocenters. The lowest BCUT2D eigenvalue weighted by Gasteiger charge is -2.37.